The van der Waals surface area contributed by atoms with Crippen LogP contribution in [0.2, 0.25) is 0 Å². The van der Waals surface area contributed by atoms with Gasteiger partial charge in [0.05, 0.1) is 0 Å². The van der Waals surface area contributed by atoms with Crippen molar-refractivity contribution in [1.29, 1.82) is 0 Å². The number of amides is 1. The van der Waals surface area contributed by atoms with Crippen LogP contribution in [0, 0.1) is 0 Å². The quantitative estimate of drug-likeness (QED) is 0.932. The van der Waals surface area contributed by atoms with E-state index in [9.17, 15) is 4.79 Å². The summed E-state index contributed by atoms with van der Waals surface area (Å²) in [5.41, 5.74) is 1.03. The van der Waals surface area contributed by atoms with Crippen molar-refractivity contribution < 1.29 is 14.3 Å². The van der Waals surface area contributed by atoms with E-state index < -0.39 is 0 Å². The predicted molar refractivity (Wildman–Crippen MR) is 74.7 cm³/mol. The molecule has 20 heavy (non-hydrogen) atoms. The first-order valence-corrected chi connectivity index (χ1v) is 6.52. The van der Waals surface area contributed by atoms with Crippen molar-refractivity contribution in [2.45, 2.75) is 6.10 Å². The smallest absolute Gasteiger partial charge is 0.246 e. The molecule has 0 bridgehead atoms. The van der Waals surface area contributed by atoms with Crippen LogP contribution in [0.15, 0.2) is 54.6 Å². The molecule has 0 aliphatic carbocycles. The van der Waals surface area contributed by atoms with Gasteiger partial charge >= 0.3 is 0 Å². The summed E-state index contributed by atoms with van der Waals surface area (Å²) < 4.78 is 11.2. The zero-order valence-corrected chi connectivity index (χ0v) is 10.9. The zero-order chi connectivity index (χ0) is 13.8. The van der Waals surface area contributed by atoms with Crippen molar-refractivity contribution in [2.75, 3.05) is 13.2 Å². The lowest BCUT2D eigenvalue weighted by Gasteiger charge is -2.23. The molecule has 0 aromatic heterocycles. The van der Waals surface area contributed by atoms with Gasteiger partial charge in [-0.25, -0.2) is 0 Å². The fourth-order valence-electron chi connectivity index (χ4n) is 2.08. The predicted octanol–water partition coefficient (Wildman–Crippen LogP) is 2.67. The monoisotopic (exact) mass is 269 g/mol. The van der Waals surface area contributed by atoms with Crippen molar-refractivity contribution in [3.05, 3.63) is 60.2 Å². The maximum atomic E-state index is 11.0. The van der Waals surface area contributed by atoms with Crippen molar-refractivity contribution in [1.82, 2.24) is 5.32 Å². The molecule has 4 heteroatoms. The molecule has 0 unspecified atom stereocenters. The van der Waals surface area contributed by atoms with E-state index in [2.05, 4.69) is 5.32 Å². The lowest BCUT2D eigenvalue weighted by Crippen LogP contribution is -2.38. The second kappa shape index (κ2) is 5.75. The SMILES string of the molecule is O=C1CO[C@@H](c2ccc(Oc3ccccc3)cc2)CN1. The molecule has 2 aromatic carbocycles. The van der Waals surface area contributed by atoms with Gasteiger partial charge in [-0.2, -0.15) is 0 Å². The van der Waals surface area contributed by atoms with E-state index in [1.54, 1.807) is 0 Å². The molecule has 0 saturated carbocycles. The molecule has 0 spiro atoms. The summed E-state index contributed by atoms with van der Waals surface area (Å²) in [6, 6.07) is 17.4. The van der Waals surface area contributed by atoms with Gasteiger partial charge in [-0.05, 0) is 29.8 Å². The first-order valence-electron chi connectivity index (χ1n) is 6.52. The molecule has 1 N–H and O–H groups in total. The molecular formula is C16H15NO3. The lowest BCUT2D eigenvalue weighted by molar-refractivity contribution is -0.133. The average molecular weight is 269 g/mol. The second-order valence-corrected chi connectivity index (χ2v) is 4.59. The number of morpholine rings is 1. The van der Waals surface area contributed by atoms with Gasteiger partial charge in [-0.1, -0.05) is 30.3 Å². The molecule has 1 fully saturated rings. The highest BCUT2D eigenvalue weighted by molar-refractivity contribution is 5.77. The number of para-hydroxylation sites is 1. The van der Waals surface area contributed by atoms with Crippen molar-refractivity contribution in [2.24, 2.45) is 0 Å². The molecule has 1 amide bonds. The minimum atomic E-state index is -0.0847. The number of rotatable bonds is 3. The summed E-state index contributed by atoms with van der Waals surface area (Å²) in [6.45, 7) is 0.630. The Morgan fingerprint density at radius 2 is 1.70 bits per heavy atom. The largest absolute Gasteiger partial charge is 0.457 e. The van der Waals surface area contributed by atoms with Gasteiger partial charge in [0.1, 0.15) is 24.2 Å². The van der Waals surface area contributed by atoms with Gasteiger partial charge in [0.25, 0.3) is 0 Å². The van der Waals surface area contributed by atoms with E-state index in [1.807, 2.05) is 54.6 Å². The van der Waals surface area contributed by atoms with E-state index in [0.717, 1.165) is 17.1 Å². The summed E-state index contributed by atoms with van der Waals surface area (Å²) in [6.07, 6.45) is -0.0847. The number of carbonyl (C=O) groups is 1. The second-order valence-electron chi connectivity index (χ2n) is 4.59. The van der Waals surface area contributed by atoms with E-state index in [-0.39, 0.29) is 18.6 Å². The Labute approximate surface area is 117 Å². The maximum Gasteiger partial charge on any atom is 0.246 e. The summed E-state index contributed by atoms with van der Waals surface area (Å²) in [7, 11) is 0. The van der Waals surface area contributed by atoms with Crippen LogP contribution in [-0.4, -0.2) is 19.1 Å². The van der Waals surface area contributed by atoms with Crippen LogP contribution in [0.1, 0.15) is 11.7 Å². The molecular weight excluding hydrogens is 254 g/mol. The van der Waals surface area contributed by atoms with Gasteiger partial charge in [0, 0.05) is 6.54 Å². The molecule has 1 heterocycles. The molecule has 0 radical (unpaired) electrons. The van der Waals surface area contributed by atoms with Gasteiger partial charge in [-0.3, -0.25) is 4.79 Å². The van der Waals surface area contributed by atoms with Crippen LogP contribution in [0.4, 0.5) is 0 Å². The zero-order valence-electron chi connectivity index (χ0n) is 10.9. The van der Waals surface area contributed by atoms with Crippen molar-refractivity contribution in [3.8, 4) is 11.5 Å². The summed E-state index contributed by atoms with van der Waals surface area (Å²) >= 11 is 0. The molecule has 1 saturated heterocycles. The molecule has 1 aliphatic rings. The molecule has 1 aliphatic heterocycles. The highest BCUT2D eigenvalue weighted by Gasteiger charge is 2.19. The Morgan fingerprint density at radius 1 is 1.00 bits per heavy atom. The Hall–Kier alpha value is -2.33. The third-order valence-electron chi connectivity index (χ3n) is 3.13. The van der Waals surface area contributed by atoms with E-state index >= 15 is 0 Å². The fourth-order valence-corrected chi connectivity index (χ4v) is 2.08. The topological polar surface area (TPSA) is 47.6 Å². The maximum absolute atomic E-state index is 11.0. The fraction of sp³-hybridized carbons (Fsp3) is 0.188. The third kappa shape index (κ3) is 2.97. The number of hydrogen-bond donors (Lipinski definition) is 1. The van der Waals surface area contributed by atoms with Crippen LogP contribution in [-0.2, 0) is 9.53 Å². The van der Waals surface area contributed by atoms with Crippen molar-refractivity contribution in [3.63, 3.8) is 0 Å². The number of nitrogens with one attached hydrogen (secondary N) is 1. The van der Waals surface area contributed by atoms with Crippen LogP contribution in [0.3, 0.4) is 0 Å². The summed E-state index contributed by atoms with van der Waals surface area (Å²) in [4.78, 5) is 11.0. The van der Waals surface area contributed by atoms with E-state index in [0.29, 0.717) is 6.54 Å². The van der Waals surface area contributed by atoms with Crippen LogP contribution >= 0.6 is 0 Å². The molecule has 4 nitrogen and oxygen atoms in total. The van der Waals surface area contributed by atoms with Gasteiger partial charge in [-0.15, -0.1) is 0 Å². The van der Waals surface area contributed by atoms with Crippen LogP contribution < -0.4 is 10.1 Å². The third-order valence-corrected chi connectivity index (χ3v) is 3.13. The summed E-state index contributed by atoms with van der Waals surface area (Å²) in [5, 5.41) is 2.79. The number of benzene rings is 2. The van der Waals surface area contributed by atoms with Gasteiger partial charge in [0.2, 0.25) is 5.91 Å². The average Bonchev–Trinajstić information content (AvgIpc) is 2.50. The molecule has 102 valence electrons. The summed E-state index contributed by atoms with van der Waals surface area (Å²) in [5.74, 6) is 1.52. The molecule has 3 rings (SSSR count). The number of ether oxygens (including phenoxy) is 2. The first-order chi connectivity index (χ1) is 9.81. The van der Waals surface area contributed by atoms with E-state index in [1.165, 1.54) is 0 Å². The van der Waals surface area contributed by atoms with Crippen LogP contribution in [0.5, 0.6) is 11.5 Å². The lowest BCUT2D eigenvalue weighted by atomic mass is 10.1. The van der Waals surface area contributed by atoms with Gasteiger partial charge in [0.15, 0.2) is 0 Å². The Balaban J connectivity index is 1.67. The van der Waals surface area contributed by atoms with Crippen molar-refractivity contribution >= 4 is 5.91 Å². The minimum absolute atomic E-state index is 0.0646. The number of hydrogen-bond acceptors (Lipinski definition) is 3. The minimum Gasteiger partial charge on any atom is -0.457 e. The normalized spacial score (nSPS) is 18.4. The number of carbonyl (C=O) groups excluding carboxylic acids is 1. The highest BCUT2D eigenvalue weighted by atomic mass is 16.5. The molecule has 1 atom stereocenters. The Bertz CT molecular complexity index is 570. The van der Waals surface area contributed by atoms with E-state index in [4.69, 9.17) is 9.47 Å². The van der Waals surface area contributed by atoms with Gasteiger partial charge < -0.3 is 14.8 Å². The van der Waals surface area contributed by atoms with Crippen LogP contribution in [0.25, 0.3) is 0 Å². The Kier molecular flexibility index (Phi) is 3.65. The Morgan fingerprint density at radius 3 is 2.35 bits per heavy atom. The first kappa shape index (κ1) is 12.7. The highest BCUT2D eigenvalue weighted by Crippen LogP contribution is 2.25. The standard InChI is InChI=1S/C16H15NO3/c18-16-11-19-15(10-17-16)12-6-8-14(9-7-12)20-13-4-2-1-3-5-13/h1-9,15H,10-11H2,(H,17,18)/t15-/m1/s1. The molecule has 2 aromatic rings.